The minimum Gasteiger partial charge on any atom is -0.366 e. The highest BCUT2D eigenvalue weighted by atomic mass is 35.5. The molecule has 2 heterocycles. The molecule has 0 aliphatic heterocycles. The number of rotatable bonds is 2. The van der Waals surface area contributed by atoms with E-state index in [0.717, 1.165) is 11.4 Å². The summed E-state index contributed by atoms with van der Waals surface area (Å²) in [5.41, 5.74) is 1.19. The van der Waals surface area contributed by atoms with Gasteiger partial charge in [-0.05, 0) is 25.2 Å². The maximum atomic E-state index is 6.21. The lowest BCUT2D eigenvalue weighted by atomic mass is 9.73. The quantitative estimate of drug-likeness (QED) is 0.862. The molecule has 1 aliphatic rings. The molecule has 108 valence electrons. The first-order chi connectivity index (χ1) is 9.49. The van der Waals surface area contributed by atoms with E-state index in [4.69, 9.17) is 11.6 Å². The molecule has 1 saturated carbocycles. The number of hydrogen-bond donors (Lipinski definition) is 1. The molecule has 6 heteroatoms. The third kappa shape index (κ3) is 2.24. The van der Waals surface area contributed by atoms with Crippen LogP contribution in [-0.2, 0) is 0 Å². The Hall–Kier alpha value is -1.36. The van der Waals surface area contributed by atoms with Gasteiger partial charge in [0.25, 0.3) is 5.78 Å². The summed E-state index contributed by atoms with van der Waals surface area (Å²) >= 11 is 6.21. The van der Waals surface area contributed by atoms with Crippen molar-refractivity contribution in [2.75, 3.05) is 5.32 Å². The van der Waals surface area contributed by atoms with Gasteiger partial charge in [-0.1, -0.05) is 38.3 Å². The highest BCUT2D eigenvalue weighted by molar-refractivity contribution is 6.30. The van der Waals surface area contributed by atoms with Crippen LogP contribution < -0.4 is 5.32 Å². The molecule has 0 bridgehead atoms. The van der Waals surface area contributed by atoms with Crippen molar-refractivity contribution in [3.8, 4) is 0 Å². The third-order valence-corrected chi connectivity index (χ3v) is 4.79. The summed E-state index contributed by atoms with van der Waals surface area (Å²) < 4.78 is 1.74. The van der Waals surface area contributed by atoms with Crippen molar-refractivity contribution < 1.29 is 0 Å². The average molecular weight is 294 g/mol. The first-order valence-corrected chi connectivity index (χ1v) is 7.49. The van der Waals surface area contributed by atoms with Gasteiger partial charge in [-0.25, -0.2) is 0 Å². The molecule has 0 spiro atoms. The van der Waals surface area contributed by atoms with Crippen LogP contribution in [0, 0.1) is 12.3 Å². The highest BCUT2D eigenvalue weighted by Crippen LogP contribution is 2.38. The monoisotopic (exact) mass is 293 g/mol. The number of halogens is 1. The number of nitrogens with zero attached hydrogens (tertiary/aromatic N) is 4. The Morgan fingerprint density at radius 2 is 2.20 bits per heavy atom. The van der Waals surface area contributed by atoms with E-state index >= 15 is 0 Å². The summed E-state index contributed by atoms with van der Waals surface area (Å²) in [5.74, 6) is 1.45. The maximum Gasteiger partial charge on any atom is 0.255 e. The fourth-order valence-corrected chi connectivity index (χ4v) is 3.16. The molecule has 5 nitrogen and oxygen atoms in total. The smallest absolute Gasteiger partial charge is 0.255 e. The topological polar surface area (TPSA) is 55.1 Å². The Labute approximate surface area is 123 Å². The van der Waals surface area contributed by atoms with Gasteiger partial charge in [-0.3, -0.25) is 0 Å². The number of aromatic nitrogens is 4. The molecule has 1 fully saturated rings. The van der Waals surface area contributed by atoms with E-state index in [-0.39, 0.29) is 5.41 Å². The molecule has 0 amide bonds. The summed E-state index contributed by atoms with van der Waals surface area (Å²) in [7, 11) is 0. The van der Waals surface area contributed by atoms with Crippen LogP contribution >= 0.6 is 11.6 Å². The maximum absolute atomic E-state index is 6.21. The number of fused-ring (bicyclic) bond motifs is 1. The van der Waals surface area contributed by atoms with E-state index in [1.165, 1.54) is 32.0 Å². The summed E-state index contributed by atoms with van der Waals surface area (Å²) in [6.45, 7) is 6.61. The fourth-order valence-electron chi connectivity index (χ4n) is 2.99. The predicted octanol–water partition coefficient (Wildman–Crippen LogP) is 3.47. The second kappa shape index (κ2) is 4.88. The van der Waals surface area contributed by atoms with Gasteiger partial charge in [-0.2, -0.15) is 19.6 Å². The van der Waals surface area contributed by atoms with E-state index < -0.39 is 0 Å². The highest BCUT2D eigenvalue weighted by Gasteiger charge is 2.33. The van der Waals surface area contributed by atoms with Gasteiger partial charge in [0.1, 0.15) is 17.3 Å². The van der Waals surface area contributed by atoms with Crippen molar-refractivity contribution in [3.63, 3.8) is 0 Å². The van der Waals surface area contributed by atoms with Crippen LogP contribution in [0.4, 0.5) is 5.82 Å². The molecular formula is C14H20ClN5. The molecule has 20 heavy (non-hydrogen) atoms. The Morgan fingerprint density at radius 1 is 1.40 bits per heavy atom. The summed E-state index contributed by atoms with van der Waals surface area (Å²) in [5, 5.41) is 8.39. The van der Waals surface area contributed by atoms with Crippen molar-refractivity contribution in [3.05, 3.63) is 17.0 Å². The lowest BCUT2D eigenvalue weighted by molar-refractivity contribution is 0.216. The van der Waals surface area contributed by atoms with E-state index in [1.54, 1.807) is 4.52 Å². The first kappa shape index (κ1) is 13.6. The SMILES string of the molecule is Cc1c(Cl)nc2ncnn2c1NC1CCCCC1(C)C. The second-order valence-corrected chi connectivity index (χ2v) is 6.64. The molecule has 2 aromatic rings. The second-order valence-electron chi connectivity index (χ2n) is 6.28. The summed E-state index contributed by atoms with van der Waals surface area (Å²) in [4.78, 5) is 8.37. The molecule has 2 aromatic heterocycles. The zero-order valence-corrected chi connectivity index (χ0v) is 12.9. The minimum absolute atomic E-state index is 0.271. The van der Waals surface area contributed by atoms with Crippen molar-refractivity contribution >= 4 is 23.2 Å². The van der Waals surface area contributed by atoms with E-state index in [0.29, 0.717) is 17.0 Å². The van der Waals surface area contributed by atoms with Crippen LogP contribution in [0.2, 0.25) is 5.15 Å². The molecule has 0 aromatic carbocycles. The molecule has 0 saturated heterocycles. The zero-order valence-electron chi connectivity index (χ0n) is 12.1. The molecule has 3 rings (SSSR count). The van der Waals surface area contributed by atoms with Crippen molar-refractivity contribution in [1.82, 2.24) is 19.6 Å². The summed E-state index contributed by atoms with van der Waals surface area (Å²) in [6.07, 6.45) is 6.49. The van der Waals surface area contributed by atoms with Crippen LogP contribution in [0.1, 0.15) is 45.1 Å². The number of hydrogen-bond acceptors (Lipinski definition) is 4. The summed E-state index contributed by atoms with van der Waals surface area (Å²) in [6, 6.07) is 0.417. The molecule has 1 N–H and O–H groups in total. The van der Waals surface area contributed by atoms with Crippen molar-refractivity contribution in [1.29, 1.82) is 0 Å². The number of anilines is 1. The Bertz CT molecular complexity index is 634. The largest absolute Gasteiger partial charge is 0.366 e. The molecule has 1 atom stereocenters. The van der Waals surface area contributed by atoms with E-state index in [9.17, 15) is 0 Å². The van der Waals surface area contributed by atoms with Gasteiger partial charge in [0.05, 0.1) is 0 Å². The molecule has 0 radical (unpaired) electrons. The third-order valence-electron chi connectivity index (χ3n) is 4.42. The normalized spacial score (nSPS) is 22.1. The Morgan fingerprint density at radius 3 is 2.95 bits per heavy atom. The Balaban J connectivity index is 2.01. The lowest BCUT2D eigenvalue weighted by Crippen LogP contribution is -2.39. The van der Waals surface area contributed by atoms with Gasteiger partial charge in [0, 0.05) is 11.6 Å². The fraction of sp³-hybridized carbons (Fsp3) is 0.643. The average Bonchev–Trinajstić information content (AvgIpc) is 2.84. The van der Waals surface area contributed by atoms with Gasteiger partial charge in [-0.15, -0.1) is 0 Å². The van der Waals surface area contributed by atoms with Crippen molar-refractivity contribution in [2.24, 2.45) is 5.41 Å². The van der Waals surface area contributed by atoms with Crippen LogP contribution in [0.25, 0.3) is 5.78 Å². The van der Waals surface area contributed by atoms with Crippen molar-refractivity contribution in [2.45, 2.75) is 52.5 Å². The minimum atomic E-state index is 0.271. The predicted molar refractivity (Wildman–Crippen MR) is 80.2 cm³/mol. The Kier molecular flexibility index (Phi) is 3.32. The molecular weight excluding hydrogens is 274 g/mol. The van der Waals surface area contributed by atoms with E-state index in [2.05, 4.69) is 34.2 Å². The van der Waals surface area contributed by atoms with Gasteiger partial charge < -0.3 is 5.32 Å². The van der Waals surface area contributed by atoms with Gasteiger partial charge in [0.2, 0.25) is 0 Å². The van der Waals surface area contributed by atoms with Gasteiger partial charge in [0.15, 0.2) is 0 Å². The van der Waals surface area contributed by atoms with Gasteiger partial charge >= 0.3 is 0 Å². The van der Waals surface area contributed by atoms with Crippen LogP contribution in [0.15, 0.2) is 6.33 Å². The van der Waals surface area contributed by atoms with Crippen LogP contribution in [0.3, 0.4) is 0 Å². The van der Waals surface area contributed by atoms with Crippen LogP contribution in [-0.4, -0.2) is 25.6 Å². The first-order valence-electron chi connectivity index (χ1n) is 7.11. The molecule has 1 unspecified atom stereocenters. The standard InChI is InChI=1S/C14H20ClN5/c1-9-11(15)19-13-16-8-17-20(13)12(9)18-10-6-4-5-7-14(10,2)3/h8,10,18H,4-7H2,1-3H3. The lowest BCUT2D eigenvalue weighted by Gasteiger charge is -2.39. The molecule has 1 aliphatic carbocycles. The number of nitrogens with one attached hydrogen (secondary N) is 1. The van der Waals surface area contributed by atoms with Crippen LogP contribution in [0.5, 0.6) is 0 Å². The van der Waals surface area contributed by atoms with E-state index in [1.807, 2.05) is 6.92 Å². The zero-order chi connectivity index (χ0) is 14.3.